The summed E-state index contributed by atoms with van der Waals surface area (Å²) < 4.78 is 6.86. The van der Waals surface area contributed by atoms with Crippen LogP contribution in [0.15, 0.2) is 42.5 Å². The van der Waals surface area contributed by atoms with Crippen LogP contribution in [0, 0.1) is 6.92 Å². The Kier molecular flexibility index (Phi) is 5.80. The van der Waals surface area contributed by atoms with Crippen molar-refractivity contribution in [3.05, 3.63) is 58.1 Å². The number of benzene rings is 2. The van der Waals surface area contributed by atoms with Gasteiger partial charge in [-0.15, -0.1) is 11.3 Å². The monoisotopic (exact) mass is 415 g/mol. The lowest BCUT2D eigenvalue weighted by molar-refractivity contribution is -0.135. The van der Waals surface area contributed by atoms with Crippen LogP contribution in [0.5, 0.6) is 5.75 Å². The summed E-state index contributed by atoms with van der Waals surface area (Å²) in [6, 6.07) is 13.6. The molecule has 7 heteroatoms. The highest BCUT2D eigenvalue weighted by atomic mass is 35.5. The fraction of sp³-hybridized carbons (Fsp3) is 0.333. The number of nitrogens with zero attached hydrogens (tertiary/aromatic N) is 3. The van der Waals surface area contributed by atoms with Gasteiger partial charge in [0, 0.05) is 31.2 Å². The topological polar surface area (TPSA) is 45.7 Å². The van der Waals surface area contributed by atoms with Crippen molar-refractivity contribution >= 4 is 39.1 Å². The summed E-state index contributed by atoms with van der Waals surface area (Å²) in [6.07, 6.45) is 0. The summed E-state index contributed by atoms with van der Waals surface area (Å²) in [5.74, 6) is 0.692. The predicted molar refractivity (Wildman–Crippen MR) is 113 cm³/mol. The standard InChI is InChI=1S/C21H22ClN3O2S/c1-15-12-16(6-7-17(15)22)27-14-21(26)25-10-8-24(9-11-25)13-20-23-18-4-2-3-5-19(18)28-20/h2-7,12H,8-11,13-14H2,1H3. The van der Waals surface area contributed by atoms with E-state index in [0.717, 1.165) is 35.7 Å². The Morgan fingerprint density at radius 1 is 1.18 bits per heavy atom. The smallest absolute Gasteiger partial charge is 0.260 e. The third-order valence-corrected chi connectivity index (χ3v) is 6.36. The van der Waals surface area contributed by atoms with Crippen LogP contribution in [0.3, 0.4) is 0 Å². The van der Waals surface area contributed by atoms with Gasteiger partial charge >= 0.3 is 0 Å². The highest BCUT2D eigenvalue weighted by Gasteiger charge is 2.22. The molecule has 1 aliphatic heterocycles. The summed E-state index contributed by atoms with van der Waals surface area (Å²) in [6.45, 7) is 5.94. The number of thiazole rings is 1. The Morgan fingerprint density at radius 3 is 2.71 bits per heavy atom. The molecule has 0 unspecified atom stereocenters. The number of carbonyl (C=O) groups is 1. The highest BCUT2D eigenvalue weighted by Crippen LogP contribution is 2.23. The van der Waals surface area contributed by atoms with E-state index in [1.54, 1.807) is 23.5 Å². The van der Waals surface area contributed by atoms with Crippen molar-refractivity contribution < 1.29 is 9.53 Å². The van der Waals surface area contributed by atoms with Gasteiger partial charge in [-0.25, -0.2) is 4.98 Å². The van der Waals surface area contributed by atoms with E-state index in [4.69, 9.17) is 21.3 Å². The number of fused-ring (bicyclic) bond motifs is 1. The van der Waals surface area contributed by atoms with E-state index in [1.165, 1.54) is 4.70 Å². The third kappa shape index (κ3) is 4.46. The molecule has 2 aromatic carbocycles. The van der Waals surface area contributed by atoms with Crippen molar-refractivity contribution in [2.24, 2.45) is 0 Å². The quantitative estimate of drug-likeness (QED) is 0.632. The maximum Gasteiger partial charge on any atom is 0.260 e. The minimum absolute atomic E-state index is 0.0206. The molecule has 0 aliphatic carbocycles. The number of piperazine rings is 1. The zero-order valence-electron chi connectivity index (χ0n) is 15.7. The average Bonchev–Trinajstić information content (AvgIpc) is 3.11. The molecule has 0 atom stereocenters. The second-order valence-corrected chi connectivity index (χ2v) is 8.45. The van der Waals surface area contributed by atoms with Crippen LogP contribution < -0.4 is 4.74 Å². The second kappa shape index (κ2) is 8.47. The van der Waals surface area contributed by atoms with Crippen molar-refractivity contribution in [2.75, 3.05) is 32.8 Å². The van der Waals surface area contributed by atoms with E-state index in [-0.39, 0.29) is 12.5 Å². The van der Waals surface area contributed by atoms with Gasteiger partial charge in [-0.1, -0.05) is 23.7 Å². The number of para-hydroxylation sites is 1. The molecule has 0 spiro atoms. The molecule has 0 bridgehead atoms. The van der Waals surface area contributed by atoms with Crippen molar-refractivity contribution in [3.63, 3.8) is 0 Å². The molecule has 146 valence electrons. The van der Waals surface area contributed by atoms with E-state index in [1.807, 2.05) is 36.1 Å². The summed E-state index contributed by atoms with van der Waals surface area (Å²) in [5, 5.41) is 1.82. The Hall–Kier alpha value is -2.15. The molecule has 3 aromatic rings. The summed E-state index contributed by atoms with van der Waals surface area (Å²) in [5.41, 5.74) is 2.00. The second-order valence-electron chi connectivity index (χ2n) is 6.93. The Balaban J connectivity index is 1.26. The fourth-order valence-corrected chi connectivity index (χ4v) is 4.40. The zero-order valence-corrected chi connectivity index (χ0v) is 17.3. The van der Waals surface area contributed by atoms with Gasteiger partial charge in [-0.2, -0.15) is 0 Å². The fourth-order valence-electron chi connectivity index (χ4n) is 3.28. The average molecular weight is 416 g/mol. The molecule has 0 radical (unpaired) electrons. The molecule has 2 heterocycles. The summed E-state index contributed by atoms with van der Waals surface area (Å²) in [4.78, 5) is 21.4. The molecule has 1 aromatic heterocycles. The van der Waals surface area contributed by atoms with Crippen molar-refractivity contribution in [2.45, 2.75) is 13.5 Å². The highest BCUT2D eigenvalue weighted by molar-refractivity contribution is 7.18. The third-order valence-electron chi connectivity index (χ3n) is 4.91. The number of halogens is 1. The first-order valence-corrected chi connectivity index (χ1v) is 10.5. The number of hydrogen-bond donors (Lipinski definition) is 0. The van der Waals surface area contributed by atoms with E-state index >= 15 is 0 Å². The van der Waals surface area contributed by atoms with Crippen molar-refractivity contribution in [1.82, 2.24) is 14.8 Å². The molecule has 4 rings (SSSR count). The number of ether oxygens (including phenoxy) is 1. The maximum absolute atomic E-state index is 12.5. The van der Waals surface area contributed by atoms with E-state index in [9.17, 15) is 4.79 Å². The minimum Gasteiger partial charge on any atom is -0.484 e. The maximum atomic E-state index is 12.5. The van der Waals surface area contributed by atoms with Gasteiger partial charge in [-0.05, 0) is 42.8 Å². The first-order valence-electron chi connectivity index (χ1n) is 9.32. The van der Waals surface area contributed by atoms with E-state index < -0.39 is 0 Å². The molecular formula is C21H22ClN3O2S. The normalized spacial score (nSPS) is 15.1. The molecule has 0 saturated carbocycles. The largest absolute Gasteiger partial charge is 0.484 e. The van der Waals surface area contributed by atoms with Gasteiger partial charge < -0.3 is 9.64 Å². The molecule has 28 heavy (non-hydrogen) atoms. The van der Waals surface area contributed by atoms with Gasteiger partial charge in [0.25, 0.3) is 5.91 Å². The minimum atomic E-state index is 0.0206. The lowest BCUT2D eigenvalue weighted by Gasteiger charge is -2.34. The van der Waals surface area contributed by atoms with Gasteiger partial charge in [0.05, 0.1) is 16.8 Å². The van der Waals surface area contributed by atoms with E-state index in [2.05, 4.69) is 11.0 Å². The first-order chi connectivity index (χ1) is 13.6. The molecule has 1 aliphatic rings. The van der Waals surface area contributed by atoms with E-state index in [0.29, 0.717) is 23.9 Å². The van der Waals surface area contributed by atoms with Crippen LogP contribution in [-0.4, -0.2) is 53.5 Å². The molecule has 5 nitrogen and oxygen atoms in total. The van der Waals surface area contributed by atoms with Crippen molar-refractivity contribution in [1.29, 1.82) is 0 Å². The number of hydrogen-bond acceptors (Lipinski definition) is 5. The molecule has 0 N–H and O–H groups in total. The Morgan fingerprint density at radius 2 is 1.96 bits per heavy atom. The zero-order chi connectivity index (χ0) is 19.5. The summed E-state index contributed by atoms with van der Waals surface area (Å²) in [7, 11) is 0. The predicted octanol–water partition coefficient (Wildman–Crippen LogP) is 3.98. The van der Waals surface area contributed by atoms with Gasteiger partial charge in [0.1, 0.15) is 10.8 Å². The van der Waals surface area contributed by atoms with Crippen LogP contribution >= 0.6 is 22.9 Å². The molecule has 1 fully saturated rings. The number of rotatable bonds is 5. The summed E-state index contributed by atoms with van der Waals surface area (Å²) >= 11 is 7.76. The lowest BCUT2D eigenvalue weighted by atomic mass is 10.2. The first kappa shape index (κ1) is 19.2. The SMILES string of the molecule is Cc1cc(OCC(=O)N2CCN(Cc3nc4ccccc4s3)CC2)ccc1Cl. The molecular weight excluding hydrogens is 394 g/mol. The number of aromatic nitrogens is 1. The number of aryl methyl sites for hydroxylation is 1. The Labute approximate surface area is 173 Å². The number of carbonyl (C=O) groups excluding carboxylic acids is 1. The van der Waals surface area contributed by atoms with Gasteiger partial charge in [0.2, 0.25) is 0 Å². The van der Waals surface area contributed by atoms with Gasteiger partial charge in [-0.3, -0.25) is 9.69 Å². The Bertz CT molecular complexity index is 950. The van der Waals surface area contributed by atoms with Crippen LogP contribution in [0.25, 0.3) is 10.2 Å². The van der Waals surface area contributed by atoms with Crippen molar-refractivity contribution in [3.8, 4) is 5.75 Å². The van der Waals surface area contributed by atoms with Gasteiger partial charge in [0.15, 0.2) is 6.61 Å². The number of amides is 1. The van der Waals surface area contributed by atoms with Crippen LogP contribution in [0.2, 0.25) is 5.02 Å². The van der Waals surface area contributed by atoms with Crippen LogP contribution in [0.1, 0.15) is 10.6 Å². The molecule has 1 saturated heterocycles. The van der Waals surface area contributed by atoms with Crippen LogP contribution in [0.4, 0.5) is 0 Å². The molecule has 1 amide bonds. The lowest BCUT2D eigenvalue weighted by Crippen LogP contribution is -2.49. The van der Waals surface area contributed by atoms with Crippen LogP contribution in [-0.2, 0) is 11.3 Å².